The van der Waals surface area contributed by atoms with E-state index in [1.54, 1.807) is 0 Å². The van der Waals surface area contributed by atoms with Gasteiger partial charge in [0.05, 0.1) is 4.08 Å². The molecule has 1 aliphatic rings. The van der Waals surface area contributed by atoms with Gasteiger partial charge >= 0.3 is 0 Å². The molecule has 0 saturated carbocycles. The lowest BCUT2D eigenvalue weighted by atomic mass is 10.5. The first kappa shape index (κ1) is 10.8. The summed E-state index contributed by atoms with van der Waals surface area (Å²) in [6, 6.07) is 0. The average Bonchev–Trinajstić information content (AvgIpc) is 2.49. The monoisotopic (exact) mass is 244 g/mol. The minimum absolute atomic E-state index is 0.264. The molecule has 0 bridgehead atoms. The van der Waals surface area contributed by atoms with Gasteiger partial charge in [0.2, 0.25) is 0 Å². The highest BCUT2D eigenvalue weighted by Gasteiger charge is 2.37. The van der Waals surface area contributed by atoms with Crippen LogP contribution in [0.25, 0.3) is 0 Å². The van der Waals surface area contributed by atoms with E-state index in [0.717, 1.165) is 17.3 Å². The molecule has 0 aromatic carbocycles. The van der Waals surface area contributed by atoms with Gasteiger partial charge < -0.3 is 0 Å². The summed E-state index contributed by atoms with van der Waals surface area (Å²) in [6.45, 7) is 0. The fraction of sp³-hybridized carbons (Fsp3) is 1.00. The molecule has 1 saturated heterocycles. The predicted molar refractivity (Wildman–Crippen MR) is 68.1 cm³/mol. The normalized spacial score (nSPS) is 29.2. The summed E-state index contributed by atoms with van der Waals surface area (Å²) >= 11 is 17.0. The lowest BCUT2D eigenvalue weighted by molar-refractivity contribution is 1.08. The van der Waals surface area contributed by atoms with Crippen molar-refractivity contribution in [3.8, 4) is 0 Å². The van der Waals surface area contributed by atoms with Crippen molar-refractivity contribution in [1.29, 1.82) is 0 Å². The summed E-state index contributed by atoms with van der Waals surface area (Å²) in [7, 11) is 0. The Kier molecular flexibility index (Phi) is 4.76. The van der Waals surface area contributed by atoms with E-state index in [1.165, 1.54) is 5.75 Å². The molecule has 66 valence electrons. The van der Waals surface area contributed by atoms with Crippen LogP contribution in [0.3, 0.4) is 0 Å². The van der Waals surface area contributed by atoms with E-state index in [1.807, 2.05) is 23.5 Å². The van der Waals surface area contributed by atoms with Crippen LogP contribution in [0, 0.1) is 0 Å². The summed E-state index contributed by atoms with van der Waals surface area (Å²) in [5.41, 5.74) is 0. The van der Waals surface area contributed by atoms with Gasteiger partial charge in [-0.3, -0.25) is 0 Å². The summed E-state index contributed by atoms with van der Waals surface area (Å²) in [6.07, 6.45) is 0. The molecule has 1 aliphatic heterocycles. The SMILES string of the molecule is SCC1CSC(CS)(CS)S1. The Morgan fingerprint density at radius 3 is 2.18 bits per heavy atom. The second-order valence-electron chi connectivity index (χ2n) is 2.46. The van der Waals surface area contributed by atoms with E-state index >= 15 is 0 Å². The predicted octanol–water partition coefficient (Wildman–Crippen LogP) is 2.32. The molecule has 11 heavy (non-hydrogen) atoms. The highest BCUT2D eigenvalue weighted by atomic mass is 32.2. The third-order valence-electron chi connectivity index (χ3n) is 1.60. The Hall–Kier alpha value is 1.75. The summed E-state index contributed by atoms with van der Waals surface area (Å²) in [5.74, 6) is 4.00. The Morgan fingerprint density at radius 2 is 1.91 bits per heavy atom. The fourth-order valence-electron chi connectivity index (χ4n) is 0.922. The number of thiol groups is 3. The molecule has 0 aromatic rings. The van der Waals surface area contributed by atoms with Crippen molar-refractivity contribution in [2.75, 3.05) is 23.0 Å². The third-order valence-corrected chi connectivity index (χ3v) is 7.84. The Bertz CT molecular complexity index is 122. The standard InChI is InChI=1S/C6H12S5/c7-1-5-2-10-6(3-8,4-9)11-5/h5,7-9H,1-4H2. The summed E-state index contributed by atoms with van der Waals surface area (Å²) in [5, 5.41) is 0.697. The number of hydrogen-bond donors (Lipinski definition) is 3. The van der Waals surface area contributed by atoms with Gasteiger partial charge in [-0.25, -0.2) is 0 Å². The second-order valence-corrected chi connectivity index (χ2v) is 6.80. The first-order valence-electron chi connectivity index (χ1n) is 3.40. The van der Waals surface area contributed by atoms with Gasteiger partial charge in [0.25, 0.3) is 0 Å². The van der Waals surface area contributed by atoms with E-state index in [9.17, 15) is 0 Å². The maximum atomic E-state index is 4.35. The molecular weight excluding hydrogens is 232 g/mol. The zero-order valence-electron chi connectivity index (χ0n) is 6.06. The van der Waals surface area contributed by atoms with Crippen LogP contribution < -0.4 is 0 Å². The van der Waals surface area contributed by atoms with Crippen LogP contribution in [0.2, 0.25) is 0 Å². The molecule has 0 amide bonds. The molecule has 1 atom stereocenters. The minimum Gasteiger partial charge on any atom is -0.178 e. The van der Waals surface area contributed by atoms with Crippen molar-refractivity contribution in [3.63, 3.8) is 0 Å². The smallest absolute Gasteiger partial charge is 0.0789 e. The molecular formula is C6H12S5. The fourth-order valence-corrected chi connectivity index (χ4v) is 5.83. The largest absolute Gasteiger partial charge is 0.178 e. The van der Waals surface area contributed by atoms with E-state index in [0.29, 0.717) is 5.25 Å². The number of rotatable bonds is 3. The maximum absolute atomic E-state index is 4.35. The van der Waals surface area contributed by atoms with E-state index in [2.05, 4.69) is 37.9 Å². The van der Waals surface area contributed by atoms with Gasteiger partial charge in [-0.2, -0.15) is 37.9 Å². The average molecular weight is 244 g/mol. The van der Waals surface area contributed by atoms with Crippen molar-refractivity contribution in [1.82, 2.24) is 0 Å². The molecule has 1 unspecified atom stereocenters. The van der Waals surface area contributed by atoms with Crippen LogP contribution in [0.5, 0.6) is 0 Å². The molecule has 5 heteroatoms. The van der Waals surface area contributed by atoms with Crippen LogP contribution in [-0.2, 0) is 0 Å². The lowest BCUT2D eigenvalue weighted by Gasteiger charge is -2.22. The van der Waals surface area contributed by atoms with Crippen LogP contribution >= 0.6 is 61.4 Å². The quantitative estimate of drug-likeness (QED) is 0.652. The topological polar surface area (TPSA) is 0 Å². The van der Waals surface area contributed by atoms with Crippen LogP contribution in [0.1, 0.15) is 0 Å². The van der Waals surface area contributed by atoms with Gasteiger partial charge in [-0.05, 0) is 0 Å². The van der Waals surface area contributed by atoms with Gasteiger partial charge in [-0.1, -0.05) is 0 Å². The molecule has 1 heterocycles. The Morgan fingerprint density at radius 1 is 1.27 bits per heavy atom. The van der Waals surface area contributed by atoms with Crippen LogP contribution in [0.15, 0.2) is 0 Å². The highest BCUT2D eigenvalue weighted by Crippen LogP contribution is 2.49. The maximum Gasteiger partial charge on any atom is 0.0789 e. The third kappa shape index (κ3) is 2.59. The summed E-state index contributed by atoms with van der Waals surface area (Å²) < 4.78 is 0.264. The van der Waals surface area contributed by atoms with Gasteiger partial charge in [0.15, 0.2) is 0 Å². The molecule has 1 fully saturated rings. The van der Waals surface area contributed by atoms with Gasteiger partial charge in [0, 0.05) is 28.3 Å². The molecule has 1 rings (SSSR count). The number of hydrogen-bond acceptors (Lipinski definition) is 5. The van der Waals surface area contributed by atoms with Crippen molar-refractivity contribution in [3.05, 3.63) is 0 Å². The second kappa shape index (κ2) is 4.84. The molecule has 0 N–H and O–H groups in total. The van der Waals surface area contributed by atoms with E-state index in [4.69, 9.17) is 0 Å². The van der Waals surface area contributed by atoms with E-state index < -0.39 is 0 Å². The van der Waals surface area contributed by atoms with Gasteiger partial charge in [-0.15, -0.1) is 23.5 Å². The van der Waals surface area contributed by atoms with Crippen molar-refractivity contribution >= 4 is 61.4 Å². The molecule has 0 radical (unpaired) electrons. The van der Waals surface area contributed by atoms with Gasteiger partial charge in [0.1, 0.15) is 0 Å². The Labute approximate surface area is 93.3 Å². The molecule has 0 aromatic heterocycles. The zero-order valence-corrected chi connectivity index (χ0v) is 10.4. The van der Waals surface area contributed by atoms with Crippen LogP contribution in [0.4, 0.5) is 0 Å². The van der Waals surface area contributed by atoms with Crippen molar-refractivity contribution < 1.29 is 0 Å². The number of thioether (sulfide) groups is 2. The van der Waals surface area contributed by atoms with E-state index in [-0.39, 0.29) is 4.08 Å². The first-order valence-corrected chi connectivity index (χ1v) is 7.17. The zero-order chi connectivity index (χ0) is 8.32. The lowest BCUT2D eigenvalue weighted by Crippen LogP contribution is -2.22. The molecule has 0 aliphatic carbocycles. The van der Waals surface area contributed by atoms with Crippen LogP contribution in [-0.4, -0.2) is 32.3 Å². The molecule has 0 nitrogen and oxygen atoms in total. The van der Waals surface area contributed by atoms with Crippen molar-refractivity contribution in [2.24, 2.45) is 0 Å². The summed E-state index contributed by atoms with van der Waals surface area (Å²) in [4.78, 5) is 0. The highest BCUT2D eigenvalue weighted by molar-refractivity contribution is 8.23. The minimum atomic E-state index is 0.264. The Balaban J connectivity index is 2.48. The van der Waals surface area contributed by atoms with Crippen molar-refractivity contribution in [2.45, 2.75) is 9.33 Å². The first-order chi connectivity index (χ1) is 5.26. The molecule has 0 spiro atoms.